The van der Waals surface area contributed by atoms with Crippen LogP contribution in [0.3, 0.4) is 0 Å². The quantitative estimate of drug-likeness (QED) is 0.274. The lowest BCUT2D eigenvalue weighted by Gasteiger charge is -2.29. The summed E-state index contributed by atoms with van der Waals surface area (Å²) in [4.78, 5) is 67.1. The highest BCUT2D eigenvalue weighted by Gasteiger charge is 2.41. The van der Waals surface area contributed by atoms with Gasteiger partial charge in [-0.15, -0.1) is 0 Å². The highest BCUT2D eigenvalue weighted by atomic mass is 35.6. The summed E-state index contributed by atoms with van der Waals surface area (Å²) in [5.74, 6) is -4.91. The van der Waals surface area contributed by atoms with Gasteiger partial charge in [0, 0.05) is 6.20 Å². The topological polar surface area (TPSA) is 156 Å². The summed E-state index contributed by atoms with van der Waals surface area (Å²) >= 11 is 16.7. The van der Waals surface area contributed by atoms with E-state index in [1.54, 1.807) is 20.8 Å². The third-order valence-corrected chi connectivity index (χ3v) is 5.79. The molecule has 216 valence electrons. The van der Waals surface area contributed by atoms with E-state index in [1.165, 1.54) is 26.1 Å². The Balaban J connectivity index is 2.25. The van der Waals surface area contributed by atoms with E-state index >= 15 is 0 Å². The second-order valence-electron chi connectivity index (χ2n) is 8.93. The molecule has 0 spiro atoms. The monoisotopic (exact) mass is 610 g/mol. The van der Waals surface area contributed by atoms with Crippen molar-refractivity contribution in [3.05, 3.63) is 23.5 Å². The molecule has 1 amide bonds. The molecule has 12 nitrogen and oxygen atoms in total. The number of nitrogens with zero attached hydrogens (tertiary/aromatic N) is 1. The van der Waals surface area contributed by atoms with Crippen LogP contribution < -0.4 is 10.1 Å². The average molecular weight is 612 g/mol. The van der Waals surface area contributed by atoms with Crippen molar-refractivity contribution in [3.63, 3.8) is 0 Å². The Morgan fingerprint density at radius 3 is 2.46 bits per heavy atom. The number of hydrogen-bond donors (Lipinski definition) is 1. The number of cyclic esters (lactones) is 2. The third-order valence-electron chi connectivity index (χ3n) is 5.47. The summed E-state index contributed by atoms with van der Waals surface area (Å²) in [6.07, 6.45) is -1.92. The van der Waals surface area contributed by atoms with E-state index in [9.17, 15) is 24.0 Å². The fraction of sp³-hybridized carbons (Fsp3) is 0.583. The normalized spacial score (nSPS) is 22.0. The number of amides is 1. The molecule has 1 saturated heterocycles. The molecule has 2 rings (SSSR count). The van der Waals surface area contributed by atoms with E-state index in [4.69, 9.17) is 58.5 Å². The van der Waals surface area contributed by atoms with Crippen LogP contribution in [0.1, 0.15) is 50.2 Å². The summed E-state index contributed by atoms with van der Waals surface area (Å²) < 4.78 is 24.1. The molecule has 1 aliphatic rings. The van der Waals surface area contributed by atoms with Gasteiger partial charge in [-0.25, -0.2) is 14.6 Å². The third kappa shape index (κ3) is 9.40. The van der Waals surface area contributed by atoms with Crippen molar-refractivity contribution in [2.24, 2.45) is 11.8 Å². The highest BCUT2D eigenvalue weighted by molar-refractivity contribution is 6.67. The van der Waals surface area contributed by atoms with Crippen LogP contribution in [0, 0.1) is 18.8 Å². The number of aromatic nitrogens is 1. The summed E-state index contributed by atoms with van der Waals surface area (Å²) in [7, 11) is 0. The van der Waals surface area contributed by atoms with Gasteiger partial charge in [-0.1, -0.05) is 55.6 Å². The van der Waals surface area contributed by atoms with Gasteiger partial charge in [0.05, 0.1) is 11.8 Å². The number of pyridine rings is 1. The maximum absolute atomic E-state index is 13.1. The molecule has 1 fully saturated rings. The molecular formula is C24H29Cl3N2O10. The van der Waals surface area contributed by atoms with Crippen LogP contribution in [0.25, 0.3) is 0 Å². The molecule has 0 bridgehead atoms. The van der Waals surface area contributed by atoms with Crippen LogP contribution in [-0.4, -0.2) is 70.2 Å². The first-order valence-corrected chi connectivity index (χ1v) is 13.0. The number of aryl methyl sites for hydroxylation is 1. The Kier molecular flexibility index (Phi) is 11.6. The van der Waals surface area contributed by atoms with Crippen LogP contribution in [-0.2, 0) is 33.3 Å². The van der Waals surface area contributed by atoms with Gasteiger partial charge in [0.2, 0.25) is 3.79 Å². The van der Waals surface area contributed by atoms with Gasteiger partial charge in [0.25, 0.3) is 5.91 Å². The molecule has 0 saturated carbocycles. The lowest BCUT2D eigenvalue weighted by molar-refractivity contribution is -0.176. The molecule has 4 unspecified atom stereocenters. The van der Waals surface area contributed by atoms with Crippen LogP contribution >= 0.6 is 34.8 Å². The van der Waals surface area contributed by atoms with Crippen molar-refractivity contribution in [1.29, 1.82) is 0 Å². The van der Waals surface area contributed by atoms with Gasteiger partial charge in [0.1, 0.15) is 19.3 Å². The van der Waals surface area contributed by atoms with Gasteiger partial charge in [0.15, 0.2) is 23.6 Å². The predicted molar refractivity (Wildman–Crippen MR) is 138 cm³/mol. The van der Waals surface area contributed by atoms with E-state index in [1.807, 2.05) is 0 Å². The number of carbonyl (C=O) groups excluding carboxylic acids is 5. The minimum Gasteiger partial charge on any atom is -0.463 e. The zero-order valence-electron chi connectivity index (χ0n) is 21.8. The lowest BCUT2D eigenvalue weighted by Crippen LogP contribution is -2.47. The average Bonchev–Trinajstić information content (AvgIpc) is 2.88. The largest absolute Gasteiger partial charge is 0.514 e. The molecule has 1 aliphatic heterocycles. The van der Waals surface area contributed by atoms with Crippen LogP contribution in [0.15, 0.2) is 12.3 Å². The zero-order valence-corrected chi connectivity index (χ0v) is 24.1. The smallest absolute Gasteiger partial charge is 0.463 e. The minimum absolute atomic E-state index is 0.232. The number of hydrogen-bond acceptors (Lipinski definition) is 11. The standard InChI is InChI=1S/C24H29Cl3N2O10/c1-6-14-18(38-20(31)11(2)3)13(5)37-22(33)15(9-35-21(14)32)29-19(30)16-17(12(4)7-8-28-16)39-23(34)36-10-24(25,26)27/h7-8,11,13-15,18H,6,9-10H2,1-5H3,(H,29,30). The maximum Gasteiger partial charge on any atom is 0.514 e. The lowest BCUT2D eigenvalue weighted by atomic mass is 9.95. The van der Waals surface area contributed by atoms with Gasteiger partial charge >= 0.3 is 24.1 Å². The Morgan fingerprint density at radius 2 is 1.87 bits per heavy atom. The molecule has 1 aromatic heterocycles. The number of rotatable bonds is 7. The van der Waals surface area contributed by atoms with Crippen molar-refractivity contribution in [3.8, 4) is 5.75 Å². The second kappa shape index (κ2) is 14.0. The SMILES string of the molecule is CCC1C(=O)OCC(NC(=O)c2nccc(C)c2OC(=O)OCC(Cl)(Cl)Cl)C(=O)OC(C)C1OC(=O)C(C)C. The number of carbonyl (C=O) groups is 5. The molecule has 1 aromatic rings. The van der Waals surface area contributed by atoms with Crippen molar-refractivity contribution in [2.45, 2.75) is 63.1 Å². The summed E-state index contributed by atoms with van der Waals surface area (Å²) in [5.41, 5.74) is -0.0678. The molecule has 0 aromatic carbocycles. The van der Waals surface area contributed by atoms with Crippen LogP contribution in [0.5, 0.6) is 5.75 Å². The van der Waals surface area contributed by atoms with E-state index < -0.39 is 77.1 Å². The number of ether oxygens (including phenoxy) is 5. The van der Waals surface area contributed by atoms with Gasteiger partial charge in [-0.05, 0) is 31.9 Å². The fourth-order valence-electron chi connectivity index (χ4n) is 3.40. The van der Waals surface area contributed by atoms with E-state index in [-0.39, 0.29) is 17.9 Å². The molecule has 39 heavy (non-hydrogen) atoms. The minimum atomic E-state index is -1.89. The Labute approximate surface area is 239 Å². The van der Waals surface area contributed by atoms with Crippen LogP contribution in [0.4, 0.5) is 4.79 Å². The predicted octanol–water partition coefficient (Wildman–Crippen LogP) is 3.46. The highest BCUT2D eigenvalue weighted by Crippen LogP contribution is 2.27. The summed E-state index contributed by atoms with van der Waals surface area (Å²) in [6.45, 7) is 6.72. The molecule has 0 aliphatic carbocycles. The first kappa shape index (κ1) is 32.4. The first-order valence-electron chi connectivity index (χ1n) is 11.9. The molecular weight excluding hydrogens is 583 g/mol. The number of halogens is 3. The van der Waals surface area contributed by atoms with Gasteiger partial charge < -0.3 is 29.0 Å². The Bertz CT molecular complexity index is 1090. The van der Waals surface area contributed by atoms with Gasteiger partial charge in [-0.3, -0.25) is 14.4 Å². The molecule has 15 heteroatoms. The van der Waals surface area contributed by atoms with E-state index in [0.717, 1.165) is 0 Å². The van der Waals surface area contributed by atoms with Gasteiger partial charge in [-0.2, -0.15) is 0 Å². The zero-order chi connectivity index (χ0) is 29.5. The molecule has 1 N–H and O–H groups in total. The van der Waals surface area contributed by atoms with Crippen molar-refractivity contribution >= 4 is 64.8 Å². The summed E-state index contributed by atoms with van der Waals surface area (Å²) in [6, 6.07) is -0.0115. The summed E-state index contributed by atoms with van der Waals surface area (Å²) in [5, 5.41) is 2.37. The maximum atomic E-state index is 13.1. The van der Waals surface area contributed by atoms with E-state index in [0.29, 0.717) is 5.56 Å². The Morgan fingerprint density at radius 1 is 1.21 bits per heavy atom. The molecule has 0 radical (unpaired) electrons. The Hall–Kier alpha value is -2.83. The van der Waals surface area contributed by atoms with Crippen LogP contribution in [0.2, 0.25) is 0 Å². The van der Waals surface area contributed by atoms with Crippen molar-refractivity contribution in [1.82, 2.24) is 10.3 Å². The van der Waals surface area contributed by atoms with E-state index in [2.05, 4.69) is 10.3 Å². The molecule has 4 atom stereocenters. The second-order valence-corrected chi connectivity index (χ2v) is 11.4. The molecule has 2 heterocycles. The fourth-order valence-corrected chi connectivity index (χ4v) is 3.56. The number of nitrogens with one attached hydrogen (secondary N) is 1. The van der Waals surface area contributed by atoms with Crippen molar-refractivity contribution in [2.75, 3.05) is 13.2 Å². The van der Waals surface area contributed by atoms with Crippen molar-refractivity contribution < 1.29 is 47.7 Å². The number of alkyl halides is 3. The number of esters is 3. The first-order chi connectivity index (χ1) is 18.1.